The maximum atomic E-state index is 12.9. The van der Waals surface area contributed by atoms with E-state index < -0.39 is 11.5 Å². The molecular formula is C20H18N2O3. The number of benzene rings is 2. The van der Waals surface area contributed by atoms with Crippen LogP contribution < -0.4 is 10.9 Å². The van der Waals surface area contributed by atoms with E-state index in [1.54, 1.807) is 10.6 Å². The molecule has 0 fully saturated rings. The molecule has 3 aromatic rings. The maximum Gasteiger partial charge on any atom is 0.267 e. The topological polar surface area (TPSA) is 71.3 Å². The number of aromatic nitrogens is 1. The average Bonchev–Trinajstić information content (AvgIpc) is 2.96. The first kappa shape index (κ1) is 15.4. The first-order valence-electron chi connectivity index (χ1n) is 8.29. The Hall–Kier alpha value is -3.08. The average molecular weight is 334 g/mol. The highest BCUT2D eigenvalue weighted by atomic mass is 16.3. The number of amides is 1. The summed E-state index contributed by atoms with van der Waals surface area (Å²) in [7, 11) is 0. The molecule has 0 aliphatic carbocycles. The normalized spacial score (nSPS) is 15.5. The van der Waals surface area contributed by atoms with Crippen molar-refractivity contribution in [1.29, 1.82) is 0 Å². The van der Waals surface area contributed by atoms with Crippen LogP contribution in [0.3, 0.4) is 0 Å². The van der Waals surface area contributed by atoms with Gasteiger partial charge in [-0.05, 0) is 30.5 Å². The standard InChI is InChI=1S/C20H18N2O3/c1-12-10-14-8-5-9-15-17(14)22(12)20(25)16(18(15)23)19(24)21-11-13-6-3-2-4-7-13/h2-9,12,23H,10-11H2,1H3,(H,21,24)/t12-/m0/s1. The van der Waals surface area contributed by atoms with Crippen molar-refractivity contribution in [3.63, 3.8) is 0 Å². The molecule has 1 amide bonds. The highest BCUT2D eigenvalue weighted by Crippen LogP contribution is 2.35. The summed E-state index contributed by atoms with van der Waals surface area (Å²) >= 11 is 0. The molecule has 5 heteroatoms. The summed E-state index contributed by atoms with van der Waals surface area (Å²) in [5.41, 5.74) is 2.06. The Morgan fingerprint density at radius 3 is 2.72 bits per heavy atom. The molecule has 0 unspecified atom stereocenters. The predicted molar refractivity (Wildman–Crippen MR) is 95.9 cm³/mol. The lowest BCUT2D eigenvalue weighted by atomic mass is 10.1. The van der Waals surface area contributed by atoms with E-state index in [1.165, 1.54) is 0 Å². The van der Waals surface area contributed by atoms with Gasteiger partial charge in [0.05, 0.1) is 5.52 Å². The Kier molecular flexibility index (Phi) is 3.57. The van der Waals surface area contributed by atoms with Crippen molar-refractivity contribution in [3.05, 3.63) is 75.6 Å². The first-order valence-corrected chi connectivity index (χ1v) is 8.29. The maximum absolute atomic E-state index is 12.9. The Labute approximate surface area is 144 Å². The summed E-state index contributed by atoms with van der Waals surface area (Å²) in [6.07, 6.45) is 0.723. The van der Waals surface area contributed by atoms with Crippen LogP contribution in [0.15, 0.2) is 53.3 Å². The van der Waals surface area contributed by atoms with Crippen molar-refractivity contribution in [2.24, 2.45) is 0 Å². The first-order chi connectivity index (χ1) is 12.1. The van der Waals surface area contributed by atoms with Gasteiger partial charge in [0.25, 0.3) is 11.5 Å². The molecule has 25 heavy (non-hydrogen) atoms. The summed E-state index contributed by atoms with van der Waals surface area (Å²) < 4.78 is 1.63. The van der Waals surface area contributed by atoms with Gasteiger partial charge in [-0.25, -0.2) is 0 Å². The number of para-hydroxylation sites is 1. The second kappa shape index (κ2) is 5.77. The van der Waals surface area contributed by atoms with Gasteiger partial charge in [0.2, 0.25) is 0 Å². The van der Waals surface area contributed by atoms with Gasteiger partial charge < -0.3 is 15.0 Å². The summed E-state index contributed by atoms with van der Waals surface area (Å²) in [5.74, 6) is -0.792. The van der Waals surface area contributed by atoms with E-state index in [2.05, 4.69) is 5.32 Å². The second-order valence-corrected chi connectivity index (χ2v) is 6.43. The van der Waals surface area contributed by atoms with E-state index in [9.17, 15) is 14.7 Å². The lowest BCUT2D eigenvalue weighted by Crippen LogP contribution is -2.33. The third-order valence-electron chi connectivity index (χ3n) is 4.76. The molecule has 2 heterocycles. The number of aromatic hydroxyl groups is 1. The van der Waals surface area contributed by atoms with Crippen molar-refractivity contribution < 1.29 is 9.90 Å². The highest BCUT2D eigenvalue weighted by molar-refractivity contribution is 6.03. The third kappa shape index (κ3) is 2.39. The van der Waals surface area contributed by atoms with Crippen molar-refractivity contribution in [2.45, 2.75) is 25.9 Å². The van der Waals surface area contributed by atoms with Crippen LogP contribution in [0, 0.1) is 0 Å². The molecule has 1 aromatic heterocycles. The van der Waals surface area contributed by atoms with Gasteiger partial charge in [-0.2, -0.15) is 0 Å². The van der Waals surface area contributed by atoms with Crippen molar-refractivity contribution in [3.8, 4) is 5.75 Å². The number of rotatable bonds is 3. The fraction of sp³-hybridized carbons (Fsp3) is 0.200. The van der Waals surface area contributed by atoms with Crippen LogP contribution in [-0.2, 0) is 13.0 Å². The molecule has 5 nitrogen and oxygen atoms in total. The van der Waals surface area contributed by atoms with Gasteiger partial charge in [0.15, 0.2) is 0 Å². The molecule has 1 aliphatic heterocycles. The molecule has 0 saturated heterocycles. The molecule has 0 spiro atoms. The van der Waals surface area contributed by atoms with Crippen LogP contribution in [0.1, 0.15) is 34.5 Å². The number of hydrogen-bond acceptors (Lipinski definition) is 3. The van der Waals surface area contributed by atoms with Crippen LogP contribution in [0.5, 0.6) is 5.75 Å². The van der Waals surface area contributed by atoms with Crippen LogP contribution >= 0.6 is 0 Å². The third-order valence-corrected chi connectivity index (χ3v) is 4.76. The molecular weight excluding hydrogens is 316 g/mol. The monoisotopic (exact) mass is 334 g/mol. The summed E-state index contributed by atoms with van der Waals surface area (Å²) in [4.78, 5) is 25.5. The van der Waals surface area contributed by atoms with Crippen LogP contribution in [-0.4, -0.2) is 15.6 Å². The largest absolute Gasteiger partial charge is 0.506 e. The van der Waals surface area contributed by atoms with Crippen LogP contribution in [0.4, 0.5) is 0 Å². The zero-order valence-electron chi connectivity index (χ0n) is 13.8. The molecule has 0 radical (unpaired) electrons. The molecule has 2 N–H and O–H groups in total. The minimum atomic E-state index is -0.554. The smallest absolute Gasteiger partial charge is 0.267 e. The Balaban J connectivity index is 1.78. The van der Waals surface area contributed by atoms with E-state index in [0.717, 1.165) is 23.1 Å². The quantitative estimate of drug-likeness (QED) is 0.774. The highest BCUT2D eigenvalue weighted by Gasteiger charge is 2.29. The van der Waals surface area contributed by atoms with Crippen molar-refractivity contribution in [1.82, 2.24) is 9.88 Å². The minimum absolute atomic E-state index is 0.0336. The molecule has 0 bridgehead atoms. The zero-order valence-corrected chi connectivity index (χ0v) is 13.8. The lowest BCUT2D eigenvalue weighted by Gasteiger charge is -2.14. The number of pyridine rings is 1. The van der Waals surface area contributed by atoms with Crippen LogP contribution in [0.2, 0.25) is 0 Å². The molecule has 1 aliphatic rings. The summed E-state index contributed by atoms with van der Waals surface area (Å²) in [6, 6.07) is 15.0. The Morgan fingerprint density at radius 1 is 1.20 bits per heavy atom. The number of carbonyl (C=O) groups is 1. The SMILES string of the molecule is C[C@H]1Cc2cccc3c(O)c(C(=O)NCc4ccccc4)c(=O)n1c23. The molecule has 4 rings (SSSR count). The number of nitrogens with one attached hydrogen (secondary N) is 1. The van der Waals surface area contributed by atoms with E-state index in [-0.39, 0.29) is 17.4 Å². The lowest BCUT2D eigenvalue weighted by molar-refractivity contribution is 0.0946. The number of carbonyl (C=O) groups excluding carboxylic acids is 1. The van der Waals surface area contributed by atoms with Gasteiger partial charge in [0.1, 0.15) is 11.3 Å². The van der Waals surface area contributed by atoms with E-state index in [0.29, 0.717) is 11.9 Å². The van der Waals surface area contributed by atoms with Crippen molar-refractivity contribution in [2.75, 3.05) is 0 Å². The number of hydrogen-bond donors (Lipinski definition) is 2. The molecule has 0 saturated carbocycles. The second-order valence-electron chi connectivity index (χ2n) is 6.43. The van der Waals surface area contributed by atoms with Gasteiger partial charge in [-0.3, -0.25) is 9.59 Å². The van der Waals surface area contributed by atoms with E-state index >= 15 is 0 Å². The van der Waals surface area contributed by atoms with Gasteiger partial charge in [-0.15, -0.1) is 0 Å². The van der Waals surface area contributed by atoms with Gasteiger partial charge >= 0.3 is 0 Å². The summed E-state index contributed by atoms with van der Waals surface area (Å²) in [5, 5.41) is 13.9. The van der Waals surface area contributed by atoms with Gasteiger partial charge in [0, 0.05) is 18.0 Å². The van der Waals surface area contributed by atoms with Crippen LogP contribution in [0.25, 0.3) is 10.9 Å². The number of nitrogens with zero attached hydrogens (tertiary/aromatic N) is 1. The molecule has 126 valence electrons. The molecule has 2 aromatic carbocycles. The molecule has 1 atom stereocenters. The predicted octanol–water partition coefficient (Wildman–Crippen LogP) is 2.75. The fourth-order valence-electron chi connectivity index (χ4n) is 3.59. The Morgan fingerprint density at radius 2 is 1.96 bits per heavy atom. The van der Waals surface area contributed by atoms with E-state index in [4.69, 9.17) is 0 Å². The summed E-state index contributed by atoms with van der Waals surface area (Å²) in [6.45, 7) is 2.25. The van der Waals surface area contributed by atoms with Crippen molar-refractivity contribution >= 4 is 16.8 Å². The Bertz CT molecular complexity index is 1040. The van der Waals surface area contributed by atoms with Gasteiger partial charge in [-0.1, -0.05) is 42.5 Å². The van der Waals surface area contributed by atoms with E-state index in [1.807, 2.05) is 49.4 Å². The fourth-order valence-corrected chi connectivity index (χ4v) is 3.59. The minimum Gasteiger partial charge on any atom is -0.506 e. The zero-order chi connectivity index (χ0) is 17.6.